The summed E-state index contributed by atoms with van der Waals surface area (Å²) in [6.45, 7) is 8.65. The molecule has 0 bridgehead atoms. The Morgan fingerprint density at radius 3 is 2.53 bits per heavy atom. The molecule has 0 aliphatic heterocycles. The second-order valence-corrected chi connectivity index (χ2v) is 7.01. The molecule has 1 heterocycles. The third kappa shape index (κ3) is 1.96. The van der Waals surface area contributed by atoms with Gasteiger partial charge in [0, 0.05) is 16.9 Å². The molecular formula is C16H23N3. The van der Waals surface area contributed by atoms with Gasteiger partial charge in [-0.05, 0) is 37.5 Å². The van der Waals surface area contributed by atoms with E-state index in [-0.39, 0.29) is 16.9 Å². The van der Waals surface area contributed by atoms with Gasteiger partial charge in [0.2, 0.25) is 0 Å². The number of nitrogens with one attached hydrogen (secondary N) is 1. The number of aromatic amines is 1. The van der Waals surface area contributed by atoms with Gasteiger partial charge in [-0.1, -0.05) is 26.8 Å². The predicted octanol–water partition coefficient (Wildman–Crippen LogP) is 3.24. The van der Waals surface area contributed by atoms with E-state index in [1.165, 1.54) is 18.4 Å². The van der Waals surface area contributed by atoms with Gasteiger partial charge >= 0.3 is 0 Å². The SMILES string of the molecule is CC(N)C1(c2ccc3nc(C(C)(C)C)[nH]c3c2)CC1. The van der Waals surface area contributed by atoms with Crippen LogP contribution in [-0.2, 0) is 10.8 Å². The van der Waals surface area contributed by atoms with Gasteiger partial charge in [-0.3, -0.25) is 0 Å². The number of nitrogens with two attached hydrogens (primary N) is 1. The van der Waals surface area contributed by atoms with Gasteiger partial charge < -0.3 is 10.7 Å². The highest BCUT2D eigenvalue weighted by Gasteiger charge is 2.47. The van der Waals surface area contributed by atoms with Crippen molar-refractivity contribution < 1.29 is 0 Å². The van der Waals surface area contributed by atoms with E-state index < -0.39 is 0 Å². The van der Waals surface area contributed by atoms with Crippen LogP contribution in [0, 0.1) is 0 Å². The fourth-order valence-electron chi connectivity index (χ4n) is 2.82. The van der Waals surface area contributed by atoms with Crippen molar-refractivity contribution in [3.8, 4) is 0 Å². The summed E-state index contributed by atoms with van der Waals surface area (Å²) < 4.78 is 0. The summed E-state index contributed by atoms with van der Waals surface area (Å²) in [5.74, 6) is 1.05. The summed E-state index contributed by atoms with van der Waals surface area (Å²) in [7, 11) is 0. The number of fused-ring (bicyclic) bond motifs is 1. The van der Waals surface area contributed by atoms with Crippen molar-refractivity contribution in [2.24, 2.45) is 5.73 Å². The van der Waals surface area contributed by atoms with Crippen LogP contribution in [0.1, 0.15) is 51.9 Å². The highest BCUT2D eigenvalue weighted by molar-refractivity contribution is 5.76. The van der Waals surface area contributed by atoms with Crippen molar-refractivity contribution in [3.05, 3.63) is 29.6 Å². The van der Waals surface area contributed by atoms with Crippen molar-refractivity contribution in [1.82, 2.24) is 9.97 Å². The topological polar surface area (TPSA) is 54.7 Å². The van der Waals surface area contributed by atoms with E-state index in [0.717, 1.165) is 16.9 Å². The Kier molecular flexibility index (Phi) is 2.55. The van der Waals surface area contributed by atoms with Crippen LogP contribution in [0.25, 0.3) is 11.0 Å². The minimum absolute atomic E-state index is 0.0532. The Balaban J connectivity index is 2.07. The molecular weight excluding hydrogens is 234 g/mol. The Bertz CT molecular complexity index is 612. The molecule has 1 atom stereocenters. The fraction of sp³-hybridized carbons (Fsp3) is 0.562. The van der Waals surface area contributed by atoms with Crippen molar-refractivity contribution >= 4 is 11.0 Å². The van der Waals surface area contributed by atoms with Gasteiger partial charge in [0.05, 0.1) is 11.0 Å². The van der Waals surface area contributed by atoms with E-state index in [2.05, 4.69) is 55.9 Å². The summed E-state index contributed by atoms with van der Waals surface area (Å²) in [6.07, 6.45) is 2.41. The fourth-order valence-corrected chi connectivity index (χ4v) is 2.82. The van der Waals surface area contributed by atoms with E-state index in [1.807, 2.05) is 0 Å². The lowest BCUT2D eigenvalue weighted by molar-refractivity contribution is 0.554. The zero-order valence-electron chi connectivity index (χ0n) is 12.2. The van der Waals surface area contributed by atoms with Crippen molar-refractivity contribution in [2.45, 2.75) is 57.4 Å². The van der Waals surface area contributed by atoms with Crippen LogP contribution in [0.4, 0.5) is 0 Å². The minimum Gasteiger partial charge on any atom is -0.342 e. The molecule has 3 rings (SSSR count). The van der Waals surface area contributed by atoms with Gasteiger partial charge in [0.15, 0.2) is 0 Å². The monoisotopic (exact) mass is 257 g/mol. The average molecular weight is 257 g/mol. The number of hydrogen-bond donors (Lipinski definition) is 2. The highest BCUT2D eigenvalue weighted by Crippen LogP contribution is 2.50. The van der Waals surface area contributed by atoms with E-state index in [4.69, 9.17) is 5.73 Å². The summed E-state index contributed by atoms with van der Waals surface area (Å²) >= 11 is 0. The maximum Gasteiger partial charge on any atom is 0.112 e. The normalized spacial score (nSPS) is 19.6. The lowest BCUT2D eigenvalue weighted by Crippen LogP contribution is -2.31. The lowest BCUT2D eigenvalue weighted by atomic mass is 9.89. The second kappa shape index (κ2) is 3.83. The zero-order chi connectivity index (χ0) is 13.8. The smallest absolute Gasteiger partial charge is 0.112 e. The third-order valence-electron chi connectivity index (χ3n) is 4.43. The van der Waals surface area contributed by atoms with Crippen molar-refractivity contribution in [2.75, 3.05) is 0 Å². The number of nitrogens with zero attached hydrogens (tertiary/aromatic N) is 1. The minimum atomic E-state index is 0.0532. The van der Waals surface area contributed by atoms with Crippen molar-refractivity contribution in [3.63, 3.8) is 0 Å². The van der Waals surface area contributed by atoms with Crippen LogP contribution in [0.5, 0.6) is 0 Å². The first kappa shape index (κ1) is 12.7. The van der Waals surface area contributed by atoms with Gasteiger partial charge in [-0.25, -0.2) is 4.98 Å². The largest absolute Gasteiger partial charge is 0.342 e. The molecule has 0 spiro atoms. The molecule has 1 unspecified atom stereocenters. The molecule has 2 aromatic rings. The number of rotatable bonds is 2. The average Bonchev–Trinajstić information content (AvgIpc) is 3.01. The molecule has 19 heavy (non-hydrogen) atoms. The van der Waals surface area contributed by atoms with E-state index in [1.54, 1.807) is 0 Å². The number of benzene rings is 1. The molecule has 0 saturated heterocycles. The Labute approximate surface area is 114 Å². The van der Waals surface area contributed by atoms with Crippen LogP contribution >= 0.6 is 0 Å². The predicted molar refractivity (Wildman–Crippen MR) is 79.4 cm³/mol. The Morgan fingerprint density at radius 2 is 2.00 bits per heavy atom. The van der Waals surface area contributed by atoms with Gasteiger partial charge in [-0.15, -0.1) is 0 Å². The molecule has 1 saturated carbocycles. The van der Waals surface area contributed by atoms with Crippen LogP contribution in [0.2, 0.25) is 0 Å². The molecule has 1 aromatic heterocycles. The first-order valence-electron chi connectivity index (χ1n) is 7.09. The number of hydrogen-bond acceptors (Lipinski definition) is 2. The van der Waals surface area contributed by atoms with Gasteiger partial charge in [0.25, 0.3) is 0 Å². The molecule has 0 amide bonds. The molecule has 3 nitrogen and oxygen atoms in total. The quantitative estimate of drug-likeness (QED) is 0.867. The van der Waals surface area contributed by atoms with E-state index in [0.29, 0.717) is 0 Å². The molecule has 1 aliphatic carbocycles. The molecule has 1 aliphatic rings. The Morgan fingerprint density at radius 1 is 1.32 bits per heavy atom. The van der Waals surface area contributed by atoms with Crippen LogP contribution in [0.3, 0.4) is 0 Å². The van der Waals surface area contributed by atoms with Crippen LogP contribution in [0.15, 0.2) is 18.2 Å². The Hall–Kier alpha value is -1.35. The van der Waals surface area contributed by atoms with E-state index >= 15 is 0 Å². The first-order valence-corrected chi connectivity index (χ1v) is 7.09. The number of imidazole rings is 1. The zero-order valence-corrected chi connectivity index (χ0v) is 12.2. The number of aromatic nitrogens is 2. The summed E-state index contributed by atoms with van der Waals surface area (Å²) in [4.78, 5) is 8.15. The van der Waals surface area contributed by atoms with Crippen molar-refractivity contribution in [1.29, 1.82) is 0 Å². The van der Waals surface area contributed by atoms with Crippen LogP contribution in [-0.4, -0.2) is 16.0 Å². The second-order valence-electron chi connectivity index (χ2n) is 7.01. The highest BCUT2D eigenvalue weighted by atomic mass is 14.9. The van der Waals surface area contributed by atoms with Gasteiger partial charge in [0.1, 0.15) is 5.82 Å². The maximum atomic E-state index is 6.16. The summed E-state index contributed by atoms with van der Waals surface area (Å²) in [6, 6.07) is 6.79. The van der Waals surface area contributed by atoms with Crippen LogP contribution < -0.4 is 5.73 Å². The summed E-state index contributed by atoms with van der Waals surface area (Å²) in [5, 5.41) is 0. The summed E-state index contributed by atoms with van der Waals surface area (Å²) in [5.41, 5.74) is 9.96. The molecule has 3 heteroatoms. The van der Waals surface area contributed by atoms with E-state index in [9.17, 15) is 0 Å². The standard InChI is InChI=1S/C16H23N3/c1-10(17)16(7-8-16)11-5-6-12-13(9-11)19-14(18-12)15(2,3)4/h5-6,9-10H,7-8,17H2,1-4H3,(H,18,19). The molecule has 1 aromatic carbocycles. The molecule has 1 fully saturated rings. The first-order chi connectivity index (χ1) is 8.83. The number of H-pyrrole nitrogens is 1. The molecule has 102 valence electrons. The third-order valence-corrected chi connectivity index (χ3v) is 4.43. The van der Waals surface area contributed by atoms with Gasteiger partial charge in [-0.2, -0.15) is 0 Å². The lowest BCUT2D eigenvalue weighted by Gasteiger charge is -2.19. The molecule has 0 radical (unpaired) electrons. The molecule has 3 N–H and O–H groups in total. The maximum absolute atomic E-state index is 6.16.